The van der Waals surface area contributed by atoms with E-state index >= 15 is 0 Å². The van der Waals surface area contributed by atoms with Crippen LogP contribution in [-0.4, -0.2) is 0 Å². The zero-order chi connectivity index (χ0) is 20.3. The van der Waals surface area contributed by atoms with Gasteiger partial charge in [0.15, 0.2) is 0 Å². The fraction of sp³-hybridized carbons (Fsp3) is 0.103. The van der Waals surface area contributed by atoms with Crippen molar-refractivity contribution >= 4 is 32.9 Å². The van der Waals surface area contributed by atoms with Crippen LogP contribution in [-0.2, 0) is 5.41 Å². The molecule has 144 valence electrons. The SMILES string of the molecule is CC1(C)c2cc(Nc3cccc4ccccc34)ccc2-c2ccc3ccccc3c21. The summed E-state index contributed by atoms with van der Waals surface area (Å²) in [6, 6.07) is 35.1. The summed E-state index contributed by atoms with van der Waals surface area (Å²) in [7, 11) is 0. The van der Waals surface area contributed by atoms with Crippen molar-refractivity contribution < 1.29 is 0 Å². The maximum absolute atomic E-state index is 3.68. The summed E-state index contributed by atoms with van der Waals surface area (Å²) in [5.74, 6) is 0. The first-order chi connectivity index (χ1) is 14.6. The van der Waals surface area contributed by atoms with E-state index in [1.165, 1.54) is 43.8 Å². The normalized spacial score (nSPS) is 13.9. The summed E-state index contributed by atoms with van der Waals surface area (Å²) in [5.41, 5.74) is 7.79. The minimum Gasteiger partial charge on any atom is -0.355 e. The van der Waals surface area contributed by atoms with E-state index < -0.39 is 0 Å². The monoisotopic (exact) mass is 385 g/mol. The van der Waals surface area contributed by atoms with Crippen molar-refractivity contribution in [3.8, 4) is 11.1 Å². The van der Waals surface area contributed by atoms with Crippen molar-refractivity contribution in [2.45, 2.75) is 19.3 Å². The van der Waals surface area contributed by atoms with Gasteiger partial charge in [-0.05, 0) is 56.6 Å². The van der Waals surface area contributed by atoms with Gasteiger partial charge in [-0.3, -0.25) is 0 Å². The van der Waals surface area contributed by atoms with E-state index in [0.717, 1.165) is 11.4 Å². The van der Waals surface area contributed by atoms with E-state index in [1.807, 2.05) is 0 Å². The Morgan fingerprint density at radius 1 is 0.600 bits per heavy atom. The molecule has 0 radical (unpaired) electrons. The van der Waals surface area contributed by atoms with E-state index in [-0.39, 0.29) is 5.41 Å². The Hall–Kier alpha value is -3.58. The molecule has 0 heterocycles. The predicted molar refractivity (Wildman–Crippen MR) is 129 cm³/mol. The Bertz CT molecular complexity index is 1440. The second-order valence-electron chi connectivity index (χ2n) is 8.75. The highest BCUT2D eigenvalue weighted by Crippen LogP contribution is 2.52. The van der Waals surface area contributed by atoms with Crippen LogP contribution in [0.1, 0.15) is 25.0 Å². The Morgan fingerprint density at radius 2 is 1.27 bits per heavy atom. The molecule has 1 N–H and O–H groups in total. The Morgan fingerprint density at radius 3 is 2.10 bits per heavy atom. The molecular weight excluding hydrogens is 362 g/mol. The van der Waals surface area contributed by atoms with Crippen molar-refractivity contribution in [2.24, 2.45) is 0 Å². The molecule has 0 atom stereocenters. The first-order valence-electron chi connectivity index (χ1n) is 10.5. The topological polar surface area (TPSA) is 12.0 Å². The Kier molecular flexibility index (Phi) is 3.58. The Balaban J connectivity index is 1.49. The third kappa shape index (κ3) is 2.42. The van der Waals surface area contributed by atoms with Crippen LogP contribution in [0.15, 0.2) is 97.1 Å². The summed E-state index contributed by atoms with van der Waals surface area (Å²) >= 11 is 0. The molecule has 0 fully saturated rings. The average molecular weight is 386 g/mol. The molecule has 1 aliphatic rings. The highest BCUT2D eigenvalue weighted by atomic mass is 14.9. The molecule has 0 spiro atoms. The highest BCUT2D eigenvalue weighted by molar-refractivity contribution is 5.99. The van der Waals surface area contributed by atoms with Crippen LogP contribution in [0.4, 0.5) is 11.4 Å². The average Bonchev–Trinajstić information content (AvgIpc) is 3.01. The summed E-state index contributed by atoms with van der Waals surface area (Å²) in [6.07, 6.45) is 0. The summed E-state index contributed by atoms with van der Waals surface area (Å²) < 4.78 is 0. The van der Waals surface area contributed by atoms with E-state index in [4.69, 9.17) is 0 Å². The van der Waals surface area contributed by atoms with Gasteiger partial charge in [-0.25, -0.2) is 0 Å². The Labute approximate surface area is 177 Å². The van der Waals surface area contributed by atoms with Crippen molar-refractivity contribution in [1.29, 1.82) is 0 Å². The van der Waals surface area contributed by atoms with Gasteiger partial charge in [0.1, 0.15) is 0 Å². The maximum Gasteiger partial charge on any atom is 0.0463 e. The number of anilines is 2. The first kappa shape index (κ1) is 17.3. The lowest BCUT2D eigenvalue weighted by atomic mass is 9.80. The van der Waals surface area contributed by atoms with Gasteiger partial charge >= 0.3 is 0 Å². The largest absolute Gasteiger partial charge is 0.355 e. The zero-order valence-corrected chi connectivity index (χ0v) is 17.2. The molecule has 1 nitrogen and oxygen atoms in total. The van der Waals surface area contributed by atoms with Gasteiger partial charge in [0, 0.05) is 22.2 Å². The van der Waals surface area contributed by atoms with E-state index in [1.54, 1.807) is 0 Å². The number of fused-ring (bicyclic) bond motifs is 6. The molecule has 0 saturated heterocycles. The zero-order valence-electron chi connectivity index (χ0n) is 17.2. The van der Waals surface area contributed by atoms with Crippen LogP contribution in [0.2, 0.25) is 0 Å². The van der Waals surface area contributed by atoms with Crippen LogP contribution < -0.4 is 5.32 Å². The van der Waals surface area contributed by atoms with Crippen LogP contribution in [0, 0.1) is 0 Å². The number of hydrogen-bond donors (Lipinski definition) is 1. The van der Waals surface area contributed by atoms with Gasteiger partial charge in [-0.1, -0.05) is 92.7 Å². The van der Waals surface area contributed by atoms with Gasteiger partial charge in [-0.15, -0.1) is 0 Å². The van der Waals surface area contributed by atoms with Crippen LogP contribution in [0.25, 0.3) is 32.7 Å². The molecule has 0 amide bonds. The first-order valence-corrected chi connectivity index (χ1v) is 10.5. The summed E-state index contributed by atoms with van der Waals surface area (Å²) in [6.45, 7) is 4.71. The second kappa shape index (κ2) is 6.21. The molecule has 30 heavy (non-hydrogen) atoms. The van der Waals surface area contributed by atoms with Crippen molar-refractivity contribution in [1.82, 2.24) is 0 Å². The number of hydrogen-bond acceptors (Lipinski definition) is 1. The lowest BCUT2D eigenvalue weighted by Crippen LogP contribution is -2.15. The smallest absolute Gasteiger partial charge is 0.0463 e. The molecular formula is C29H23N. The van der Waals surface area contributed by atoms with Gasteiger partial charge in [0.2, 0.25) is 0 Å². The van der Waals surface area contributed by atoms with Crippen LogP contribution in [0.3, 0.4) is 0 Å². The van der Waals surface area contributed by atoms with Gasteiger partial charge in [0.25, 0.3) is 0 Å². The minimum absolute atomic E-state index is 0.0397. The predicted octanol–water partition coefficient (Wildman–Crippen LogP) is 8.04. The third-order valence-electron chi connectivity index (χ3n) is 6.61. The molecule has 0 aliphatic heterocycles. The fourth-order valence-corrected chi connectivity index (χ4v) is 5.17. The maximum atomic E-state index is 3.68. The molecule has 1 aliphatic carbocycles. The van der Waals surface area contributed by atoms with E-state index in [9.17, 15) is 0 Å². The van der Waals surface area contributed by atoms with Crippen LogP contribution in [0.5, 0.6) is 0 Å². The highest BCUT2D eigenvalue weighted by Gasteiger charge is 2.36. The number of benzene rings is 5. The van der Waals surface area contributed by atoms with Crippen molar-refractivity contribution in [3.05, 3.63) is 108 Å². The van der Waals surface area contributed by atoms with Crippen LogP contribution >= 0.6 is 0 Å². The standard InChI is InChI=1S/C29H23N/c1-29(2)26-18-21(30-27-13-7-10-19-8-3-5-11-22(19)27)15-17-24(26)25-16-14-20-9-4-6-12-23(20)28(25)29/h3-18,30H,1-2H3. The number of rotatable bonds is 2. The summed E-state index contributed by atoms with van der Waals surface area (Å²) in [4.78, 5) is 0. The molecule has 5 aromatic rings. The molecule has 0 aromatic heterocycles. The van der Waals surface area contributed by atoms with Crippen molar-refractivity contribution in [2.75, 3.05) is 5.32 Å². The second-order valence-corrected chi connectivity index (χ2v) is 8.75. The molecule has 5 aromatic carbocycles. The minimum atomic E-state index is -0.0397. The van der Waals surface area contributed by atoms with Gasteiger partial charge < -0.3 is 5.32 Å². The molecule has 0 saturated carbocycles. The molecule has 6 rings (SSSR count). The third-order valence-corrected chi connectivity index (χ3v) is 6.61. The van der Waals surface area contributed by atoms with Gasteiger partial charge in [-0.2, -0.15) is 0 Å². The molecule has 0 bridgehead atoms. The van der Waals surface area contributed by atoms with Gasteiger partial charge in [0.05, 0.1) is 0 Å². The molecule has 0 unspecified atom stereocenters. The number of nitrogens with one attached hydrogen (secondary N) is 1. The van der Waals surface area contributed by atoms with E-state index in [0.29, 0.717) is 0 Å². The lowest BCUT2D eigenvalue weighted by Gasteiger charge is -2.23. The lowest BCUT2D eigenvalue weighted by molar-refractivity contribution is 0.666. The fourth-order valence-electron chi connectivity index (χ4n) is 5.17. The molecule has 1 heteroatoms. The quantitative estimate of drug-likeness (QED) is 0.324. The van der Waals surface area contributed by atoms with Crippen molar-refractivity contribution in [3.63, 3.8) is 0 Å². The summed E-state index contributed by atoms with van der Waals surface area (Å²) in [5, 5.41) is 8.85. The van der Waals surface area contributed by atoms with E-state index in [2.05, 4.69) is 116 Å².